The van der Waals surface area contributed by atoms with Gasteiger partial charge in [0.1, 0.15) is 12.6 Å². The number of carbonyl (C=O) groups excluding carboxylic acids is 1. The number of nitrogens with one attached hydrogen (secondary N) is 1. The summed E-state index contributed by atoms with van der Waals surface area (Å²) in [5, 5.41) is 9.12. The molecule has 0 saturated carbocycles. The molecule has 1 aromatic carbocycles. The Morgan fingerprint density at radius 2 is 2.10 bits per heavy atom. The van der Waals surface area contributed by atoms with Crippen molar-refractivity contribution >= 4 is 22.9 Å². The lowest BCUT2D eigenvalue weighted by Gasteiger charge is -2.21. The van der Waals surface area contributed by atoms with E-state index in [1.807, 2.05) is 0 Å². The van der Waals surface area contributed by atoms with Crippen LogP contribution in [-0.2, 0) is 16.1 Å². The second-order valence-corrected chi connectivity index (χ2v) is 5.12. The zero-order valence-corrected chi connectivity index (χ0v) is 11.3. The molecule has 3 rings (SSSR count). The maximum atomic E-state index is 12.3. The quantitative estimate of drug-likeness (QED) is 0.855. The average molecular weight is 289 g/mol. The maximum absolute atomic E-state index is 12.3. The summed E-state index contributed by atoms with van der Waals surface area (Å²) in [7, 11) is 0. The molecule has 2 N–H and O–H groups in total. The first-order valence-corrected chi connectivity index (χ1v) is 6.78. The highest BCUT2D eigenvalue weighted by atomic mass is 16.4. The summed E-state index contributed by atoms with van der Waals surface area (Å²) < 4.78 is 1.34. The number of nitrogens with zero attached hydrogens (tertiary/aromatic N) is 2. The molecule has 21 heavy (non-hydrogen) atoms. The zero-order chi connectivity index (χ0) is 15.0. The largest absolute Gasteiger partial charge is 0.480 e. The van der Waals surface area contributed by atoms with Gasteiger partial charge >= 0.3 is 11.7 Å². The minimum Gasteiger partial charge on any atom is -0.480 e. The van der Waals surface area contributed by atoms with Gasteiger partial charge in [-0.2, -0.15) is 0 Å². The van der Waals surface area contributed by atoms with Crippen molar-refractivity contribution in [2.24, 2.45) is 0 Å². The van der Waals surface area contributed by atoms with Gasteiger partial charge in [0.05, 0.1) is 11.0 Å². The number of rotatable bonds is 3. The molecule has 0 bridgehead atoms. The number of carbonyl (C=O) groups is 2. The molecule has 1 aromatic heterocycles. The number of imidazole rings is 1. The van der Waals surface area contributed by atoms with Crippen LogP contribution in [0.15, 0.2) is 29.1 Å². The number of carboxylic acids is 1. The first kappa shape index (κ1) is 13.4. The van der Waals surface area contributed by atoms with E-state index in [-0.39, 0.29) is 18.1 Å². The smallest absolute Gasteiger partial charge is 0.326 e. The molecule has 1 aliphatic heterocycles. The van der Waals surface area contributed by atoms with Crippen LogP contribution in [0, 0.1) is 0 Å². The molecule has 1 atom stereocenters. The molecule has 7 heteroatoms. The van der Waals surface area contributed by atoms with Crippen molar-refractivity contribution in [1.82, 2.24) is 14.5 Å². The molecule has 0 radical (unpaired) electrons. The third kappa shape index (κ3) is 2.31. The van der Waals surface area contributed by atoms with E-state index in [4.69, 9.17) is 5.11 Å². The van der Waals surface area contributed by atoms with E-state index in [1.54, 1.807) is 24.3 Å². The van der Waals surface area contributed by atoms with Crippen LogP contribution in [0.4, 0.5) is 0 Å². The number of para-hydroxylation sites is 2. The molecule has 7 nitrogen and oxygen atoms in total. The Kier molecular flexibility index (Phi) is 3.25. The van der Waals surface area contributed by atoms with Crippen LogP contribution in [0.25, 0.3) is 11.0 Å². The highest BCUT2D eigenvalue weighted by Crippen LogP contribution is 2.18. The number of benzene rings is 1. The average Bonchev–Trinajstić information content (AvgIpc) is 3.04. The van der Waals surface area contributed by atoms with Gasteiger partial charge in [-0.05, 0) is 25.0 Å². The normalized spacial score (nSPS) is 18.3. The molecule has 110 valence electrons. The van der Waals surface area contributed by atoms with E-state index in [2.05, 4.69) is 4.98 Å². The van der Waals surface area contributed by atoms with Crippen molar-refractivity contribution < 1.29 is 14.7 Å². The number of carboxylic acid groups (broad SMARTS) is 1. The van der Waals surface area contributed by atoms with Crippen LogP contribution in [-0.4, -0.2) is 44.0 Å². The van der Waals surface area contributed by atoms with E-state index in [1.165, 1.54) is 9.47 Å². The van der Waals surface area contributed by atoms with Gasteiger partial charge in [0.15, 0.2) is 0 Å². The summed E-state index contributed by atoms with van der Waals surface area (Å²) in [6.45, 7) is 0.277. The molecule has 1 fully saturated rings. The first-order chi connectivity index (χ1) is 10.1. The lowest BCUT2D eigenvalue weighted by atomic mass is 10.2. The number of hydrogen-bond acceptors (Lipinski definition) is 3. The summed E-state index contributed by atoms with van der Waals surface area (Å²) in [6.07, 6.45) is 1.13. The number of aliphatic carboxylic acids is 1. The number of aromatic amines is 1. The summed E-state index contributed by atoms with van der Waals surface area (Å²) >= 11 is 0. The number of amides is 1. The molecule has 1 aliphatic rings. The Balaban J connectivity index is 1.88. The zero-order valence-electron chi connectivity index (χ0n) is 11.3. The third-order valence-corrected chi connectivity index (χ3v) is 3.83. The lowest BCUT2D eigenvalue weighted by Crippen LogP contribution is -2.42. The Morgan fingerprint density at radius 3 is 2.86 bits per heavy atom. The number of hydrogen-bond donors (Lipinski definition) is 2. The van der Waals surface area contributed by atoms with Crippen molar-refractivity contribution in [2.45, 2.75) is 25.4 Å². The molecule has 1 amide bonds. The second-order valence-electron chi connectivity index (χ2n) is 5.12. The van der Waals surface area contributed by atoms with E-state index in [0.717, 1.165) is 0 Å². The molecule has 0 unspecified atom stereocenters. The van der Waals surface area contributed by atoms with Crippen LogP contribution < -0.4 is 5.69 Å². The molecular weight excluding hydrogens is 274 g/mol. The number of fused-ring (bicyclic) bond motifs is 1. The minimum absolute atomic E-state index is 0.146. The Morgan fingerprint density at radius 1 is 1.33 bits per heavy atom. The van der Waals surface area contributed by atoms with Gasteiger partial charge in [-0.1, -0.05) is 12.1 Å². The number of aromatic nitrogens is 2. The van der Waals surface area contributed by atoms with Crippen LogP contribution in [0.2, 0.25) is 0 Å². The summed E-state index contributed by atoms with van der Waals surface area (Å²) in [6, 6.07) is 6.31. The number of likely N-dealkylation sites (tertiary alicyclic amines) is 1. The van der Waals surface area contributed by atoms with Gasteiger partial charge in [0, 0.05) is 6.54 Å². The van der Waals surface area contributed by atoms with Crippen LogP contribution in [0.1, 0.15) is 12.8 Å². The molecule has 2 heterocycles. The van der Waals surface area contributed by atoms with E-state index < -0.39 is 12.0 Å². The third-order valence-electron chi connectivity index (χ3n) is 3.83. The highest BCUT2D eigenvalue weighted by molar-refractivity contribution is 5.85. The fraction of sp³-hybridized carbons (Fsp3) is 0.357. The minimum atomic E-state index is -0.993. The van der Waals surface area contributed by atoms with Crippen molar-refractivity contribution in [3.05, 3.63) is 34.7 Å². The molecule has 2 aromatic rings. The molecular formula is C14H15N3O4. The van der Waals surface area contributed by atoms with Crippen molar-refractivity contribution in [3.63, 3.8) is 0 Å². The van der Waals surface area contributed by atoms with E-state index in [9.17, 15) is 14.4 Å². The van der Waals surface area contributed by atoms with Crippen LogP contribution in [0.3, 0.4) is 0 Å². The van der Waals surface area contributed by atoms with Gasteiger partial charge in [-0.3, -0.25) is 9.36 Å². The van der Waals surface area contributed by atoms with Crippen LogP contribution in [0.5, 0.6) is 0 Å². The summed E-state index contributed by atoms with van der Waals surface area (Å²) in [5.74, 6) is -1.33. The van der Waals surface area contributed by atoms with Gasteiger partial charge in [0.25, 0.3) is 0 Å². The number of H-pyrrole nitrogens is 1. The predicted octanol–water partition coefficient (Wildman–Crippen LogP) is 0.405. The van der Waals surface area contributed by atoms with Gasteiger partial charge in [0.2, 0.25) is 5.91 Å². The van der Waals surface area contributed by atoms with E-state index in [0.29, 0.717) is 30.4 Å². The SMILES string of the molecule is O=C(O)[C@H]1CCCN1C(=O)Cn1c(=O)[nH]c2ccccc21. The molecule has 0 aliphatic carbocycles. The summed E-state index contributed by atoms with van der Waals surface area (Å²) in [5.41, 5.74) is 0.934. The van der Waals surface area contributed by atoms with Gasteiger partial charge < -0.3 is 15.0 Å². The van der Waals surface area contributed by atoms with Crippen molar-refractivity contribution in [3.8, 4) is 0 Å². The Labute approximate surface area is 119 Å². The molecule has 0 spiro atoms. The van der Waals surface area contributed by atoms with Crippen molar-refractivity contribution in [1.29, 1.82) is 0 Å². The Bertz CT molecular complexity index is 761. The van der Waals surface area contributed by atoms with Gasteiger partial charge in [-0.15, -0.1) is 0 Å². The Hall–Kier alpha value is -2.57. The lowest BCUT2D eigenvalue weighted by molar-refractivity contribution is -0.148. The van der Waals surface area contributed by atoms with Crippen molar-refractivity contribution in [2.75, 3.05) is 6.54 Å². The fourth-order valence-corrected chi connectivity index (χ4v) is 2.81. The maximum Gasteiger partial charge on any atom is 0.326 e. The molecule has 1 saturated heterocycles. The first-order valence-electron chi connectivity index (χ1n) is 6.78. The van der Waals surface area contributed by atoms with Gasteiger partial charge in [-0.25, -0.2) is 9.59 Å². The standard InChI is InChI=1S/C14H15N3O4/c18-12(16-7-3-6-11(16)13(19)20)8-17-10-5-2-1-4-9(10)15-14(17)21/h1-2,4-5,11H,3,6-8H2,(H,15,21)(H,19,20)/t11-/m1/s1. The topological polar surface area (TPSA) is 95.4 Å². The second kappa shape index (κ2) is 5.08. The fourth-order valence-electron chi connectivity index (χ4n) is 2.81. The summed E-state index contributed by atoms with van der Waals surface area (Å²) in [4.78, 5) is 39.4. The monoisotopic (exact) mass is 289 g/mol. The highest BCUT2D eigenvalue weighted by Gasteiger charge is 2.34. The predicted molar refractivity (Wildman–Crippen MR) is 74.9 cm³/mol. The van der Waals surface area contributed by atoms with Crippen LogP contribution >= 0.6 is 0 Å². The van der Waals surface area contributed by atoms with E-state index >= 15 is 0 Å².